The van der Waals surface area contributed by atoms with Crippen LogP contribution in [0.5, 0.6) is 0 Å². The topological polar surface area (TPSA) is 28.2 Å². The standard InChI is InChI=1S/C9H13N3/c1-12-7-6-11-9(12)8-2-4-10-5-3-8/h2-5,9,11H,6-7H2,1H3. The first-order chi connectivity index (χ1) is 5.88. The molecule has 1 aromatic heterocycles. The Morgan fingerprint density at radius 2 is 2.25 bits per heavy atom. The zero-order chi connectivity index (χ0) is 8.39. The fraction of sp³-hybridized carbons (Fsp3) is 0.444. The summed E-state index contributed by atoms with van der Waals surface area (Å²) < 4.78 is 0. The van der Waals surface area contributed by atoms with E-state index in [1.54, 1.807) is 0 Å². The minimum Gasteiger partial charge on any atom is -0.297 e. The predicted molar refractivity (Wildman–Crippen MR) is 47.6 cm³/mol. The number of nitrogens with one attached hydrogen (secondary N) is 1. The monoisotopic (exact) mass is 163 g/mol. The minimum absolute atomic E-state index is 0.382. The van der Waals surface area contributed by atoms with Crippen molar-refractivity contribution in [2.24, 2.45) is 0 Å². The normalized spacial score (nSPS) is 24.6. The van der Waals surface area contributed by atoms with Gasteiger partial charge in [0, 0.05) is 25.5 Å². The molecule has 1 aliphatic rings. The Balaban J connectivity index is 2.19. The van der Waals surface area contributed by atoms with Crippen LogP contribution in [0.2, 0.25) is 0 Å². The fourth-order valence-corrected chi connectivity index (χ4v) is 1.58. The third-order valence-electron chi connectivity index (χ3n) is 2.26. The zero-order valence-electron chi connectivity index (χ0n) is 7.20. The Hall–Kier alpha value is -0.930. The van der Waals surface area contributed by atoms with E-state index in [-0.39, 0.29) is 0 Å². The third-order valence-corrected chi connectivity index (χ3v) is 2.26. The molecule has 3 heteroatoms. The molecular formula is C9H13N3. The first-order valence-corrected chi connectivity index (χ1v) is 4.21. The van der Waals surface area contributed by atoms with Crippen molar-refractivity contribution >= 4 is 0 Å². The maximum Gasteiger partial charge on any atom is 0.0860 e. The molecule has 0 radical (unpaired) electrons. The van der Waals surface area contributed by atoms with Gasteiger partial charge in [0.1, 0.15) is 0 Å². The Bertz CT molecular complexity index is 247. The van der Waals surface area contributed by atoms with Crippen molar-refractivity contribution in [1.82, 2.24) is 15.2 Å². The van der Waals surface area contributed by atoms with E-state index < -0.39 is 0 Å². The lowest BCUT2D eigenvalue weighted by atomic mass is 10.2. The van der Waals surface area contributed by atoms with Gasteiger partial charge in [-0.2, -0.15) is 0 Å². The minimum atomic E-state index is 0.382. The summed E-state index contributed by atoms with van der Waals surface area (Å²) in [4.78, 5) is 6.30. The van der Waals surface area contributed by atoms with Gasteiger partial charge < -0.3 is 0 Å². The zero-order valence-corrected chi connectivity index (χ0v) is 7.20. The van der Waals surface area contributed by atoms with Crippen LogP contribution < -0.4 is 5.32 Å². The van der Waals surface area contributed by atoms with Crippen LogP contribution in [0.4, 0.5) is 0 Å². The lowest BCUT2D eigenvalue weighted by molar-refractivity contribution is 0.301. The van der Waals surface area contributed by atoms with E-state index in [0.29, 0.717) is 6.17 Å². The van der Waals surface area contributed by atoms with Crippen LogP contribution >= 0.6 is 0 Å². The second-order valence-electron chi connectivity index (χ2n) is 3.12. The summed E-state index contributed by atoms with van der Waals surface area (Å²) in [5.41, 5.74) is 1.30. The van der Waals surface area contributed by atoms with Gasteiger partial charge in [-0.05, 0) is 24.7 Å². The summed E-state index contributed by atoms with van der Waals surface area (Å²) in [5, 5.41) is 3.42. The molecule has 1 saturated heterocycles. The highest BCUT2D eigenvalue weighted by atomic mass is 15.3. The molecule has 0 spiro atoms. The van der Waals surface area contributed by atoms with Crippen LogP contribution in [0, 0.1) is 0 Å². The van der Waals surface area contributed by atoms with Crippen LogP contribution in [0.25, 0.3) is 0 Å². The van der Waals surface area contributed by atoms with Gasteiger partial charge in [-0.1, -0.05) is 0 Å². The molecule has 3 nitrogen and oxygen atoms in total. The molecule has 2 heterocycles. The van der Waals surface area contributed by atoms with Crippen molar-refractivity contribution in [1.29, 1.82) is 0 Å². The lowest BCUT2D eigenvalue weighted by Crippen LogP contribution is -2.23. The summed E-state index contributed by atoms with van der Waals surface area (Å²) >= 11 is 0. The Morgan fingerprint density at radius 3 is 2.83 bits per heavy atom. The van der Waals surface area contributed by atoms with Crippen molar-refractivity contribution in [3.8, 4) is 0 Å². The third kappa shape index (κ3) is 1.33. The molecule has 0 bridgehead atoms. The average molecular weight is 163 g/mol. The van der Waals surface area contributed by atoms with E-state index in [1.165, 1.54) is 5.56 Å². The average Bonchev–Trinajstić information content (AvgIpc) is 2.53. The first kappa shape index (κ1) is 7.71. The Labute approximate surface area is 72.4 Å². The van der Waals surface area contributed by atoms with Gasteiger partial charge in [0.25, 0.3) is 0 Å². The van der Waals surface area contributed by atoms with Crippen molar-refractivity contribution in [2.45, 2.75) is 6.17 Å². The molecule has 1 aliphatic heterocycles. The van der Waals surface area contributed by atoms with Crippen molar-refractivity contribution in [3.63, 3.8) is 0 Å². The van der Waals surface area contributed by atoms with E-state index in [1.807, 2.05) is 12.4 Å². The number of hydrogen-bond donors (Lipinski definition) is 1. The second-order valence-corrected chi connectivity index (χ2v) is 3.12. The van der Waals surface area contributed by atoms with Crippen LogP contribution in [-0.2, 0) is 0 Å². The van der Waals surface area contributed by atoms with Gasteiger partial charge in [0.05, 0.1) is 6.17 Å². The fourth-order valence-electron chi connectivity index (χ4n) is 1.58. The van der Waals surface area contributed by atoms with E-state index in [0.717, 1.165) is 13.1 Å². The van der Waals surface area contributed by atoms with Crippen molar-refractivity contribution in [3.05, 3.63) is 30.1 Å². The number of aromatic nitrogens is 1. The number of likely N-dealkylation sites (N-methyl/N-ethyl adjacent to an activating group) is 1. The quantitative estimate of drug-likeness (QED) is 0.657. The summed E-state index contributed by atoms with van der Waals surface area (Å²) in [5.74, 6) is 0. The molecule has 0 aliphatic carbocycles. The maximum atomic E-state index is 4.00. The number of hydrogen-bond acceptors (Lipinski definition) is 3. The van der Waals surface area contributed by atoms with Gasteiger partial charge in [0.15, 0.2) is 0 Å². The molecule has 1 fully saturated rings. The molecule has 1 unspecified atom stereocenters. The van der Waals surface area contributed by atoms with Gasteiger partial charge in [0.2, 0.25) is 0 Å². The number of pyridine rings is 1. The summed E-state index contributed by atoms with van der Waals surface area (Å²) in [6, 6.07) is 4.11. The molecule has 0 aromatic carbocycles. The molecule has 1 aromatic rings. The summed E-state index contributed by atoms with van der Waals surface area (Å²) in [6.45, 7) is 2.19. The van der Waals surface area contributed by atoms with Crippen LogP contribution in [0.3, 0.4) is 0 Å². The summed E-state index contributed by atoms with van der Waals surface area (Å²) in [6.07, 6.45) is 4.06. The van der Waals surface area contributed by atoms with Crippen LogP contribution in [0.1, 0.15) is 11.7 Å². The van der Waals surface area contributed by atoms with Crippen LogP contribution in [0.15, 0.2) is 24.5 Å². The molecule has 0 saturated carbocycles. The molecule has 2 rings (SSSR count). The second kappa shape index (κ2) is 3.21. The smallest absolute Gasteiger partial charge is 0.0860 e. The van der Waals surface area contributed by atoms with E-state index >= 15 is 0 Å². The molecule has 64 valence electrons. The highest BCUT2D eigenvalue weighted by Crippen LogP contribution is 2.17. The van der Waals surface area contributed by atoms with Crippen LogP contribution in [-0.4, -0.2) is 30.0 Å². The molecular weight excluding hydrogens is 150 g/mol. The highest BCUT2D eigenvalue weighted by molar-refractivity contribution is 5.15. The first-order valence-electron chi connectivity index (χ1n) is 4.21. The molecule has 1 atom stereocenters. The molecule has 12 heavy (non-hydrogen) atoms. The van der Waals surface area contributed by atoms with E-state index in [4.69, 9.17) is 0 Å². The van der Waals surface area contributed by atoms with Crippen molar-refractivity contribution in [2.75, 3.05) is 20.1 Å². The van der Waals surface area contributed by atoms with Gasteiger partial charge in [-0.3, -0.25) is 15.2 Å². The van der Waals surface area contributed by atoms with E-state index in [2.05, 4.69) is 34.4 Å². The number of rotatable bonds is 1. The predicted octanol–water partition coefficient (Wildman–Crippen LogP) is 0.615. The van der Waals surface area contributed by atoms with Gasteiger partial charge in [-0.25, -0.2) is 0 Å². The van der Waals surface area contributed by atoms with Crippen molar-refractivity contribution < 1.29 is 0 Å². The lowest BCUT2D eigenvalue weighted by Gasteiger charge is -2.18. The Morgan fingerprint density at radius 1 is 1.50 bits per heavy atom. The van der Waals surface area contributed by atoms with E-state index in [9.17, 15) is 0 Å². The summed E-state index contributed by atoms with van der Waals surface area (Å²) in [7, 11) is 2.13. The SMILES string of the molecule is CN1CCNC1c1ccncc1. The van der Waals surface area contributed by atoms with Gasteiger partial charge >= 0.3 is 0 Å². The highest BCUT2D eigenvalue weighted by Gasteiger charge is 2.20. The maximum absolute atomic E-state index is 4.00. The molecule has 1 N–H and O–H groups in total. The number of nitrogens with zero attached hydrogens (tertiary/aromatic N) is 2. The van der Waals surface area contributed by atoms with Gasteiger partial charge in [-0.15, -0.1) is 0 Å². The Kier molecular flexibility index (Phi) is 2.06. The molecule has 0 amide bonds. The largest absolute Gasteiger partial charge is 0.297 e.